The van der Waals surface area contributed by atoms with Crippen LogP contribution in [-0.4, -0.2) is 39.2 Å². The van der Waals surface area contributed by atoms with Crippen molar-refractivity contribution in [2.45, 2.75) is 0 Å². The molecular formula is C11H9N6O4-. The summed E-state index contributed by atoms with van der Waals surface area (Å²) in [7, 11) is 1.25. The molecule has 2 rings (SSSR count). The Bertz CT molecular complexity index is 771. The van der Waals surface area contributed by atoms with Gasteiger partial charge in [0.05, 0.1) is 11.1 Å². The number of nitro groups is 1. The highest BCUT2D eigenvalue weighted by Gasteiger charge is 2.07. The molecule has 0 bridgehead atoms. The second-order valence-corrected chi connectivity index (χ2v) is 3.80. The lowest BCUT2D eigenvalue weighted by Crippen LogP contribution is -2.27. The van der Waals surface area contributed by atoms with Gasteiger partial charge >= 0.3 is 5.56 Å². The number of non-ortho nitro benzene ring substituents is 1. The van der Waals surface area contributed by atoms with Crippen LogP contribution >= 0.6 is 0 Å². The maximum absolute atomic E-state index is 11.7. The average Bonchev–Trinajstić information content (AvgIpc) is 2.86. The van der Waals surface area contributed by atoms with Gasteiger partial charge in [0.2, 0.25) is 0 Å². The van der Waals surface area contributed by atoms with Gasteiger partial charge in [-0.1, -0.05) is 0 Å². The largest absolute Gasteiger partial charge is 0.857 e. The van der Waals surface area contributed by atoms with E-state index in [9.17, 15) is 20.0 Å². The Morgan fingerprint density at radius 2 is 2.10 bits per heavy atom. The van der Waals surface area contributed by atoms with Crippen molar-refractivity contribution in [2.75, 3.05) is 7.05 Å². The number of nitrogens with zero attached hydrogens (tertiary/aromatic N) is 5. The molecule has 1 N–H and O–H groups in total. The topological polar surface area (TPSA) is 142 Å². The molecule has 0 atom stereocenters. The van der Waals surface area contributed by atoms with E-state index in [0.29, 0.717) is 5.56 Å². The van der Waals surface area contributed by atoms with Crippen molar-refractivity contribution in [3.63, 3.8) is 0 Å². The molecule has 21 heavy (non-hydrogen) atoms. The first-order valence-electron chi connectivity index (χ1n) is 5.63. The van der Waals surface area contributed by atoms with Crippen LogP contribution in [0.5, 0.6) is 0 Å². The number of H-pyrrole nitrogens is 1. The average molecular weight is 289 g/mol. The molecule has 0 aliphatic rings. The fourth-order valence-corrected chi connectivity index (χ4v) is 1.42. The summed E-state index contributed by atoms with van der Waals surface area (Å²) in [4.78, 5) is 25.8. The zero-order valence-electron chi connectivity index (χ0n) is 10.8. The molecule has 2 aromatic rings. The molecule has 0 unspecified atom stereocenters. The van der Waals surface area contributed by atoms with E-state index in [2.05, 4.69) is 20.4 Å². The van der Waals surface area contributed by atoms with Crippen LogP contribution in [0.4, 0.5) is 5.69 Å². The van der Waals surface area contributed by atoms with Crippen molar-refractivity contribution in [3.05, 3.63) is 56.0 Å². The molecule has 10 nitrogen and oxygen atoms in total. The third-order valence-electron chi connectivity index (χ3n) is 2.48. The third kappa shape index (κ3) is 3.00. The van der Waals surface area contributed by atoms with E-state index >= 15 is 0 Å². The van der Waals surface area contributed by atoms with E-state index in [1.165, 1.54) is 37.5 Å². The molecule has 0 amide bonds. The Kier molecular flexibility index (Phi) is 3.88. The Hall–Kier alpha value is -3.30. The number of aromatic nitrogens is 3. The van der Waals surface area contributed by atoms with E-state index in [-0.39, 0.29) is 11.4 Å². The molecule has 0 aliphatic heterocycles. The van der Waals surface area contributed by atoms with Gasteiger partial charge in [-0.05, 0) is 17.7 Å². The highest BCUT2D eigenvalue weighted by Crippen LogP contribution is 2.10. The second-order valence-electron chi connectivity index (χ2n) is 3.80. The first-order valence-corrected chi connectivity index (χ1v) is 5.63. The van der Waals surface area contributed by atoms with Crippen LogP contribution in [-0.2, 0) is 0 Å². The van der Waals surface area contributed by atoms with Gasteiger partial charge in [-0.2, -0.15) is 15.4 Å². The normalized spacial score (nSPS) is 12.0. The van der Waals surface area contributed by atoms with Crippen LogP contribution < -0.4 is 10.7 Å². The summed E-state index contributed by atoms with van der Waals surface area (Å²) in [5.74, 6) is -0.750. The molecule has 108 valence electrons. The van der Waals surface area contributed by atoms with Gasteiger partial charge in [0, 0.05) is 25.1 Å². The van der Waals surface area contributed by atoms with Crippen molar-refractivity contribution in [1.29, 1.82) is 0 Å². The van der Waals surface area contributed by atoms with Crippen LogP contribution in [0.25, 0.3) is 0 Å². The third-order valence-corrected chi connectivity index (χ3v) is 2.48. The SMILES string of the molecule is CN=C([O-])c1n[nH]n(N=Cc2ccc([N+](=O)[O-])cc2)c1=O. The molecular weight excluding hydrogens is 280 g/mol. The van der Waals surface area contributed by atoms with Gasteiger partial charge in [0.25, 0.3) is 5.69 Å². The van der Waals surface area contributed by atoms with Crippen molar-refractivity contribution in [3.8, 4) is 0 Å². The molecule has 0 spiro atoms. The predicted octanol–water partition coefficient (Wildman–Crippen LogP) is -0.902. The standard InChI is InChI=1S/C11H10N6O4/c1-12-10(18)9-11(19)16(15-14-9)13-6-7-2-4-8(5-3-7)17(20)21/h2-6,15H,1H3,(H,12,18)/p-1. The molecule has 0 fully saturated rings. The smallest absolute Gasteiger partial charge is 0.316 e. The maximum atomic E-state index is 11.7. The van der Waals surface area contributed by atoms with Gasteiger partial charge in [-0.15, -0.1) is 4.79 Å². The Morgan fingerprint density at radius 3 is 2.67 bits per heavy atom. The number of aliphatic imine (C=N–C) groups is 1. The van der Waals surface area contributed by atoms with E-state index in [1.54, 1.807) is 0 Å². The lowest BCUT2D eigenvalue weighted by Gasteiger charge is -2.01. The minimum absolute atomic E-state index is 0.0525. The molecule has 0 saturated heterocycles. The molecule has 1 aromatic heterocycles. The minimum Gasteiger partial charge on any atom is -0.857 e. The number of benzene rings is 1. The van der Waals surface area contributed by atoms with Crippen LogP contribution in [0.1, 0.15) is 11.3 Å². The second kappa shape index (κ2) is 5.77. The fourth-order valence-electron chi connectivity index (χ4n) is 1.42. The summed E-state index contributed by atoms with van der Waals surface area (Å²) in [6, 6.07) is 5.55. The van der Waals surface area contributed by atoms with Crippen molar-refractivity contribution < 1.29 is 10.0 Å². The summed E-state index contributed by atoms with van der Waals surface area (Å²) < 4.78 is 0. The number of nitrogens with one attached hydrogen (secondary N) is 1. The predicted molar refractivity (Wildman–Crippen MR) is 71.4 cm³/mol. The molecule has 0 aliphatic carbocycles. The number of hydrogen-bond acceptors (Lipinski definition) is 7. The number of hydrogen-bond donors (Lipinski definition) is 1. The summed E-state index contributed by atoms with van der Waals surface area (Å²) in [5.41, 5.74) is -0.611. The first kappa shape index (κ1) is 14.1. The van der Waals surface area contributed by atoms with E-state index < -0.39 is 16.4 Å². The zero-order valence-corrected chi connectivity index (χ0v) is 10.8. The number of aromatic amines is 1. The summed E-state index contributed by atoms with van der Waals surface area (Å²) >= 11 is 0. The van der Waals surface area contributed by atoms with E-state index in [4.69, 9.17) is 0 Å². The molecule has 0 saturated carbocycles. The summed E-state index contributed by atoms with van der Waals surface area (Å²) in [6.07, 6.45) is 1.29. The van der Waals surface area contributed by atoms with Crippen LogP contribution in [0, 0.1) is 10.1 Å². The molecule has 1 heterocycles. The zero-order chi connectivity index (χ0) is 15.4. The van der Waals surface area contributed by atoms with Crippen LogP contribution in [0.2, 0.25) is 0 Å². The lowest BCUT2D eigenvalue weighted by molar-refractivity contribution is -0.384. The van der Waals surface area contributed by atoms with Gasteiger partial charge < -0.3 is 10.1 Å². The van der Waals surface area contributed by atoms with Gasteiger partial charge in [0.1, 0.15) is 0 Å². The monoisotopic (exact) mass is 289 g/mol. The van der Waals surface area contributed by atoms with Crippen LogP contribution in [0.3, 0.4) is 0 Å². The Morgan fingerprint density at radius 1 is 1.43 bits per heavy atom. The highest BCUT2D eigenvalue weighted by molar-refractivity contribution is 5.87. The molecule has 0 radical (unpaired) electrons. The Balaban J connectivity index is 2.24. The van der Waals surface area contributed by atoms with Crippen molar-refractivity contribution in [1.82, 2.24) is 15.1 Å². The minimum atomic E-state index is -0.750. The van der Waals surface area contributed by atoms with E-state index in [1.807, 2.05) is 0 Å². The Labute approximate surface area is 117 Å². The van der Waals surface area contributed by atoms with E-state index in [0.717, 1.165) is 4.79 Å². The fraction of sp³-hybridized carbons (Fsp3) is 0.0909. The maximum Gasteiger partial charge on any atom is 0.316 e. The van der Waals surface area contributed by atoms with Gasteiger partial charge in [-0.25, -0.2) is 0 Å². The molecule has 10 heteroatoms. The summed E-state index contributed by atoms with van der Waals surface area (Å²) in [6.45, 7) is 0. The van der Waals surface area contributed by atoms with Crippen molar-refractivity contribution >= 4 is 17.8 Å². The number of rotatable bonds is 4. The van der Waals surface area contributed by atoms with Gasteiger partial charge in [0.15, 0.2) is 5.69 Å². The number of nitro benzene ring substituents is 1. The lowest BCUT2D eigenvalue weighted by atomic mass is 10.2. The van der Waals surface area contributed by atoms with Gasteiger partial charge in [-0.3, -0.25) is 14.9 Å². The van der Waals surface area contributed by atoms with Crippen LogP contribution in [0.15, 0.2) is 39.2 Å². The quantitative estimate of drug-likeness (QED) is 0.336. The van der Waals surface area contributed by atoms with Crippen molar-refractivity contribution in [2.24, 2.45) is 10.1 Å². The first-order chi connectivity index (χ1) is 10.0. The highest BCUT2D eigenvalue weighted by atomic mass is 16.6. The molecule has 1 aromatic carbocycles. The summed E-state index contributed by atoms with van der Waals surface area (Å²) in [5, 5.41) is 31.3.